The molecule has 0 saturated carbocycles. The fourth-order valence-corrected chi connectivity index (χ4v) is 1.55. The maximum absolute atomic E-state index is 11.5. The van der Waals surface area contributed by atoms with Crippen LogP contribution in [0.1, 0.15) is 19.4 Å². The summed E-state index contributed by atoms with van der Waals surface area (Å²) in [6.07, 6.45) is 1.64. The summed E-state index contributed by atoms with van der Waals surface area (Å²) >= 11 is 0. The van der Waals surface area contributed by atoms with Crippen LogP contribution in [0.2, 0.25) is 0 Å². The Bertz CT molecular complexity index is 466. The minimum absolute atomic E-state index is 0.0732. The number of carbonyl (C=O) groups is 1. The Balaban J connectivity index is 3.14. The predicted octanol–water partition coefficient (Wildman–Crippen LogP) is 2.38. The molecule has 0 aliphatic rings. The zero-order valence-electron chi connectivity index (χ0n) is 11.5. The fourth-order valence-electron chi connectivity index (χ4n) is 1.55. The molecule has 0 spiro atoms. The molecule has 19 heavy (non-hydrogen) atoms. The highest BCUT2D eigenvalue weighted by molar-refractivity contribution is 5.93. The van der Waals surface area contributed by atoms with Gasteiger partial charge in [-0.25, -0.2) is 4.79 Å². The number of benzene rings is 1. The van der Waals surface area contributed by atoms with Crippen LogP contribution in [0.3, 0.4) is 0 Å². The summed E-state index contributed by atoms with van der Waals surface area (Å²) in [6, 6.07) is 3.22. The molecule has 0 saturated heterocycles. The first-order valence-corrected chi connectivity index (χ1v) is 5.83. The molecule has 0 atom stereocenters. The predicted molar refractivity (Wildman–Crippen MR) is 71.5 cm³/mol. The molecule has 0 bridgehead atoms. The maximum Gasteiger partial charge on any atom is 0.333 e. The van der Waals surface area contributed by atoms with Crippen LogP contribution in [-0.2, 0) is 9.53 Å². The topological polar surface area (TPSA) is 65.0 Å². The molecule has 104 valence electrons. The SMILES string of the molecule is CCOC(=O)/C(C)=C/c1cc(OC)c(O)c(OC)c1. The quantitative estimate of drug-likeness (QED) is 0.654. The second-order valence-corrected chi connectivity index (χ2v) is 3.82. The molecular formula is C14H18O5. The van der Waals surface area contributed by atoms with Gasteiger partial charge in [-0.3, -0.25) is 0 Å². The van der Waals surface area contributed by atoms with Crippen molar-refractivity contribution in [3.05, 3.63) is 23.3 Å². The molecular weight excluding hydrogens is 248 g/mol. The number of esters is 1. The Labute approximate surface area is 112 Å². The zero-order valence-corrected chi connectivity index (χ0v) is 11.5. The van der Waals surface area contributed by atoms with Gasteiger partial charge >= 0.3 is 5.97 Å². The largest absolute Gasteiger partial charge is 0.502 e. The van der Waals surface area contributed by atoms with Crippen molar-refractivity contribution >= 4 is 12.0 Å². The second kappa shape index (κ2) is 6.68. The van der Waals surface area contributed by atoms with E-state index in [4.69, 9.17) is 14.2 Å². The van der Waals surface area contributed by atoms with Crippen molar-refractivity contribution in [1.82, 2.24) is 0 Å². The molecule has 0 aromatic heterocycles. The van der Waals surface area contributed by atoms with Gasteiger partial charge in [0.05, 0.1) is 20.8 Å². The van der Waals surface area contributed by atoms with Crippen LogP contribution in [0.15, 0.2) is 17.7 Å². The Hall–Kier alpha value is -2.17. The number of phenols is 1. The third-order valence-electron chi connectivity index (χ3n) is 2.48. The van der Waals surface area contributed by atoms with Gasteiger partial charge in [0.2, 0.25) is 5.75 Å². The van der Waals surface area contributed by atoms with E-state index in [-0.39, 0.29) is 23.2 Å². The number of rotatable bonds is 5. The van der Waals surface area contributed by atoms with Gasteiger partial charge in [0, 0.05) is 5.57 Å². The van der Waals surface area contributed by atoms with E-state index >= 15 is 0 Å². The first-order chi connectivity index (χ1) is 9.03. The summed E-state index contributed by atoms with van der Waals surface area (Å²) in [5, 5.41) is 9.78. The van der Waals surface area contributed by atoms with E-state index in [2.05, 4.69) is 0 Å². The van der Waals surface area contributed by atoms with Crippen LogP contribution in [0.4, 0.5) is 0 Å². The Kier molecular flexibility index (Phi) is 5.23. The fraction of sp³-hybridized carbons (Fsp3) is 0.357. The third kappa shape index (κ3) is 3.64. The first-order valence-electron chi connectivity index (χ1n) is 5.83. The minimum atomic E-state index is -0.381. The molecule has 0 heterocycles. The molecule has 1 rings (SSSR count). The van der Waals surface area contributed by atoms with Crippen molar-refractivity contribution < 1.29 is 24.1 Å². The van der Waals surface area contributed by atoms with E-state index in [1.807, 2.05) is 0 Å². The van der Waals surface area contributed by atoms with Crippen molar-refractivity contribution in [1.29, 1.82) is 0 Å². The molecule has 0 aliphatic carbocycles. The number of hydrogen-bond acceptors (Lipinski definition) is 5. The van der Waals surface area contributed by atoms with Crippen LogP contribution in [0.25, 0.3) is 6.08 Å². The van der Waals surface area contributed by atoms with E-state index < -0.39 is 0 Å². The summed E-state index contributed by atoms with van der Waals surface area (Å²) in [7, 11) is 2.89. The number of aromatic hydroxyl groups is 1. The van der Waals surface area contributed by atoms with E-state index in [0.717, 1.165) is 0 Å². The second-order valence-electron chi connectivity index (χ2n) is 3.82. The van der Waals surface area contributed by atoms with E-state index in [1.165, 1.54) is 14.2 Å². The molecule has 0 fully saturated rings. The standard InChI is InChI=1S/C14H18O5/c1-5-19-14(16)9(2)6-10-7-11(17-3)13(15)12(8-10)18-4/h6-8,15H,5H2,1-4H3/b9-6+. The molecule has 0 amide bonds. The van der Waals surface area contributed by atoms with Gasteiger partial charge < -0.3 is 19.3 Å². The molecule has 0 unspecified atom stereocenters. The Morgan fingerprint density at radius 3 is 2.21 bits per heavy atom. The zero-order chi connectivity index (χ0) is 14.4. The molecule has 5 heteroatoms. The smallest absolute Gasteiger partial charge is 0.333 e. The van der Waals surface area contributed by atoms with E-state index in [0.29, 0.717) is 17.7 Å². The lowest BCUT2D eigenvalue weighted by atomic mass is 10.1. The van der Waals surface area contributed by atoms with Gasteiger partial charge in [0.25, 0.3) is 0 Å². The highest BCUT2D eigenvalue weighted by Gasteiger charge is 2.11. The van der Waals surface area contributed by atoms with Crippen LogP contribution >= 0.6 is 0 Å². The van der Waals surface area contributed by atoms with Crippen LogP contribution in [-0.4, -0.2) is 31.9 Å². The van der Waals surface area contributed by atoms with E-state index in [9.17, 15) is 9.90 Å². The highest BCUT2D eigenvalue weighted by atomic mass is 16.5. The summed E-state index contributed by atoms with van der Waals surface area (Å²) in [5.41, 5.74) is 1.13. The molecule has 0 radical (unpaired) electrons. The summed E-state index contributed by atoms with van der Waals surface area (Å²) in [6.45, 7) is 3.73. The summed E-state index contributed by atoms with van der Waals surface area (Å²) < 4.78 is 15.0. The lowest BCUT2D eigenvalue weighted by Crippen LogP contribution is -2.04. The van der Waals surface area contributed by atoms with Gasteiger partial charge in [-0.2, -0.15) is 0 Å². The van der Waals surface area contributed by atoms with Crippen LogP contribution in [0, 0.1) is 0 Å². The number of methoxy groups -OCH3 is 2. The molecule has 1 N–H and O–H groups in total. The van der Waals surface area contributed by atoms with E-state index in [1.54, 1.807) is 32.1 Å². The Morgan fingerprint density at radius 1 is 1.26 bits per heavy atom. The number of ether oxygens (including phenoxy) is 3. The number of hydrogen-bond donors (Lipinski definition) is 1. The lowest BCUT2D eigenvalue weighted by molar-refractivity contribution is -0.138. The van der Waals surface area contributed by atoms with Gasteiger partial charge in [-0.05, 0) is 37.6 Å². The number of phenolic OH excluding ortho intramolecular Hbond substituents is 1. The third-order valence-corrected chi connectivity index (χ3v) is 2.48. The molecule has 1 aromatic carbocycles. The molecule has 5 nitrogen and oxygen atoms in total. The normalized spacial score (nSPS) is 11.1. The lowest BCUT2D eigenvalue weighted by Gasteiger charge is -2.10. The van der Waals surface area contributed by atoms with Crippen molar-refractivity contribution in [3.8, 4) is 17.2 Å². The monoisotopic (exact) mass is 266 g/mol. The van der Waals surface area contributed by atoms with Crippen LogP contribution < -0.4 is 9.47 Å². The molecule has 0 aliphatic heterocycles. The first kappa shape index (κ1) is 14.9. The number of carbonyl (C=O) groups excluding carboxylic acids is 1. The summed E-state index contributed by atoms with van der Waals surface area (Å²) in [4.78, 5) is 11.5. The van der Waals surface area contributed by atoms with Crippen molar-refractivity contribution in [3.63, 3.8) is 0 Å². The average molecular weight is 266 g/mol. The van der Waals surface area contributed by atoms with Crippen LogP contribution in [0.5, 0.6) is 17.2 Å². The van der Waals surface area contributed by atoms with Crippen molar-refractivity contribution in [2.75, 3.05) is 20.8 Å². The summed E-state index contributed by atoms with van der Waals surface area (Å²) in [5.74, 6) is 0.106. The maximum atomic E-state index is 11.5. The van der Waals surface area contributed by atoms with Gasteiger partial charge in [0.15, 0.2) is 11.5 Å². The highest BCUT2D eigenvalue weighted by Crippen LogP contribution is 2.37. The molecule has 1 aromatic rings. The van der Waals surface area contributed by atoms with Crippen molar-refractivity contribution in [2.45, 2.75) is 13.8 Å². The van der Waals surface area contributed by atoms with Gasteiger partial charge in [0.1, 0.15) is 0 Å². The minimum Gasteiger partial charge on any atom is -0.502 e. The van der Waals surface area contributed by atoms with Crippen molar-refractivity contribution in [2.24, 2.45) is 0 Å². The van der Waals surface area contributed by atoms with Gasteiger partial charge in [-0.15, -0.1) is 0 Å². The van der Waals surface area contributed by atoms with Gasteiger partial charge in [-0.1, -0.05) is 0 Å². The Morgan fingerprint density at radius 2 is 1.79 bits per heavy atom. The average Bonchev–Trinajstić information content (AvgIpc) is 2.40.